The van der Waals surface area contributed by atoms with Crippen LogP contribution in [0.15, 0.2) is 12.2 Å². The number of rotatable bonds is 4. The summed E-state index contributed by atoms with van der Waals surface area (Å²) in [5.74, 6) is 1.74. The number of aliphatic hydroxyl groups excluding tert-OH is 1. The fourth-order valence-electron chi connectivity index (χ4n) is 2.33. The summed E-state index contributed by atoms with van der Waals surface area (Å²) in [7, 11) is 0. The Labute approximate surface area is 81.9 Å². The second kappa shape index (κ2) is 6.20. The highest BCUT2D eigenvalue weighted by Gasteiger charge is 2.18. The predicted molar refractivity (Wildman–Crippen MR) is 56.6 cm³/mol. The van der Waals surface area contributed by atoms with Gasteiger partial charge in [0.1, 0.15) is 0 Å². The molecule has 0 aromatic heterocycles. The minimum absolute atomic E-state index is 0.203. The summed E-state index contributed by atoms with van der Waals surface area (Å²) in [4.78, 5) is 0. The van der Waals surface area contributed by atoms with Gasteiger partial charge in [-0.15, -0.1) is 0 Å². The zero-order valence-corrected chi connectivity index (χ0v) is 8.71. The third kappa shape index (κ3) is 3.95. The van der Waals surface area contributed by atoms with Crippen LogP contribution in [0.5, 0.6) is 0 Å². The van der Waals surface area contributed by atoms with Crippen molar-refractivity contribution in [1.82, 2.24) is 0 Å². The van der Waals surface area contributed by atoms with Crippen LogP contribution in [0.4, 0.5) is 0 Å². The van der Waals surface area contributed by atoms with Crippen molar-refractivity contribution in [2.45, 2.75) is 45.4 Å². The molecule has 76 valence electrons. The first-order valence-electron chi connectivity index (χ1n) is 5.64. The Kier molecular flexibility index (Phi) is 5.14. The number of hydrogen-bond acceptors (Lipinski definition) is 1. The Morgan fingerprint density at radius 2 is 1.92 bits per heavy atom. The van der Waals surface area contributed by atoms with E-state index in [2.05, 4.69) is 13.0 Å². The normalized spacial score (nSPS) is 29.7. The van der Waals surface area contributed by atoms with E-state index in [1.807, 2.05) is 6.08 Å². The van der Waals surface area contributed by atoms with Crippen molar-refractivity contribution in [2.75, 3.05) is 6.61 Å². The summed E-state index contributed by atoms with van der Waals surface area (Å²) in [5, 5.41) is 8.65. The standard InChI is InChI=1S/C12H22O/c1-2-4-11-6-8-12(9-7-11)5-3-10-13/h3,5,11-13H,2,4,6-10H2,1H3. The summed E-state index contributed by atoms with van der Waals surface area (Å²) in [6, 6.07) is 0. The summed E-state index contributed by atoms with van der Waals surface area (Å²) in [6.45, 7) is 2.48. The molecule has 0 heterocycles. The molecule has 1 nitrogen and oxygen atoms in total. The van der Waals surface area contributed by atoms with Gasteiger partial charge in [0.15, 0.2) is 0 Å². The van der Waals surface area contributed by atoms with Crippen molar-refractivity contribution in [2.24, 2.45) is 11.8 Å². The van der Waals surface area contributed by atoms with Crippen LogP contribution in [0.25, 0.3) is 0 Å². The highest BCUT2D eigenvalue weighted by Crippen LogP contribution is 2.31. The Bertz CT molecular complexity index is 143. The van der Waals surface area contributed by atoms with Gasteiger partial charge >= 0.3 is 0 Å². The molecule has 1 aliphatic carbocycles. The van der Waals surface area contributed by atoms with Crippen molar-refractivity contribution in [3.8, 4) is 0 Å². The lowest BCUT2D eigenvalue weighted by molar-refractivity contribution is 0.292. The first kappa shape index (κ1) is 10.8. The molecule has 0 spiro atoms. The van der Waals surface area contributed by atoms with Crippen LogP contribution < -0.4 is 0 Å². The topological polar surface area (TPSA) is 20.2 Å². The molecule has 1 aliphatic rings. The van der Waals surface area contributed by atoms with E-state index >= 15 is 0 Å². The van der Waals surface area contributed by atoms with E-state index in [0.717, 1.165) is 11.8 Å². The smallest absolute Gasteiger partial charge is 0.0612 e. The molecule has 0 aromatic rings. The van der Waals surface area contributed by atoms with Crippen molar-refractivity contribution in [1.29, 1.82) is 0 Å². The molecule has 0 aromatic carbocycles. The summed E-state index contributed by atoms with van der Waals surface area (Å²) in [6.07, 6.45) is 12.3. The molecule has 1 saturated carbocycles. The van der Waals surface area contributed by atoms with Crippen LogP contribution in [0.3, 0.4) is 0 Å². The largest absolute Gasteiger partial charge is 0.392 e. The van der Waals surface area contributed by atoms with Gasteiger partial charge in [0.25, 0.3) is 0 Å². The van der Waals surface area contributed by atoms with Crippen LogP contribution in [-0.4, -0.2) is 11.7 Å². The van der Waals surface area contributed by atoms with Crippen LogP contribution >= 0.6 is 0 Å². The monoisotopic (exact) mass is 182 g/mol. The third-order valence-electron chi connectivity index (χ3n) is 3.10. The Morgan fingerprint density at radius 3 is 2.46 bits per heavy atom. The predicted octanol–water partition coefficient (Wildman–Crippen LogP) is 3.14. The van der Waals surface area contributed by atoms with Crippen LogP contribution in [0.2, 0.25) is 0 Å². The summed E-state index contributed by atoms with van der Waals surface area (Å²) in [5.41, 5.74) is 0. The third-order valence-corrected chi connectivity index (χ3v) is 3.10. The van der Waals surface area contributed by atoms with E-state index in [1.54, 1.807) is 0 Å². The van der Waals surface area contributed by atoms with Crippen LogP contribution in [0.1, 0.15) is 45.4 Å². The fraction of sp³-hybridized carbons (Fsp3) is 0.833. The van der Waals surface area contributed by atoms with Crippen molar-refractivity contribution >= 4 is 0 Å². The fourth-order valence-corrected chi connectivity index (χ4v) is 2.33. The quantitative estimate of drug-likeness (QED) is 0.662. The van der Waals surface area contributed by atoms with Gasteiger partial charge in [-0.25, -0.2) is 0 Å². The summed E-state index contributed by atoms with van der Waals surface area (Å²) >= 11 is 0. The maximum absolute atomic E-state index is 8.65. The molecule has 1 N–H and O–H groups in total. The van der Waals surface area contributed by atoms with E-state index in [-0.39, 0.29) is 6.61 Å². The lowest BCUT2D eigenvalue weighted by Crippen LogP contribution is -2.12. The Morgan fingerprint density at radius 1 is 1.23 bits per heavy atom. The minimum atomic E-state index is 0.203. The lowest BCUT2D eigenvalue weighted by Gasteiger charge is -2.26. The van der Waals surface area contributed by atoms with Gasteiger partial charge in [-0.3, -0.25) is 0 Å². The SMILES string of the molecule is CCCC1CCC(C=CCO)CC1. The first-order valence-corrected chi connectivity index (χ1v) is 5.64. The molecule has 1 heteroatoms. The van der Waals surface area contributed by atoms with E-state index in [0.29, 0.717) is 0 Å². The molecule has 0 radical (unpaired) electrons. The maximum atomic E-state index is 8.65. The van der Waals surface area contributed by atoms with E-state index in [4.69, 9.17) is 5.11 Å². The molecule has 0 amide bonds. The van der Waals surface area contributed by atoms with Crippen molar-refractivity contribution in [3.05, 3.63) is 12.2 Å². The van der Waals surface area contributed by atoms with Gasteiger partial charge in [0.2, 0.25) is 0 Å². The molecule has 0 unspecified atom stereocenters. The molecule has 1 rings (SSSR count). The van der Waals surface area contributed by atoms with Gasteiger partial charge in [-0.1, -0.05) is 31.9 Å². The number of allylic oxidation sites excluding steroid dienone is 1. The Hall–Kier alpha value is -0.300. The molecule has 1 fully saturated rings. The zero-order valence-electron chi connectivity index (χ0n) is 8.71. The average molecular weight is 182 g/mol. The molecule has 0 aliphatic heterocycles. The van der Waals surface area contributed by atoms with Crippen molar-refractivity contribution < 1.29 is 5.11 Å². The van der Waals surface area contributed by atoms with Crippen molar-refractivity contribution in [3.63, 3.8) is 0 Å². The first-order chi connectivity index (χ1) is 6.36. The molecular weight excluding hydrogens is 160 g/mol. The van der Waals surface area contributed by atoms with E-state index in [9.17, 15) is 0 Å². The van der Waals surface area contributed by atoms with Crippen LogP contribution in [0, 0.1) is 11.8 Å². The van der Waals surface area contributed by atoms with Gasteiger partial charge < -0.3 is 5.11 Å². The van der Waals surface area contributed by atoms with Crippen LogP contribution in [-0.2, 0) is 0 Å². The highest BCUT2D eigenvalue weighted by atomic mass is 16.2. The number of aliphatic hydroxyl groups is 1. The zero-order chi connectivity index (χ0) is 9.52. The van der Waals surface area contributed by atoms with Gasteiger partial charge in [-0.2, -0.15) is 0 Å². The minimum Gasteiger partial charge on any atom is -0.392 e. The second-order valence-electron chi connectivity index (χ2n) is 4.18. The van der Waals surface area contributed by atoms with E-state index < -0.39 is 0 Å². The van der Waals surface area contributed by atoms with Gasteiger partial charge in [-0.05, 0) is 37.5 Å². The molecule has 13 heavy (non-hydrogen) atoms. The average Bonchev–Trinajstić information content (AvgIpc) is 2.17. The lowest BCUT2D eigenvalue weighted by atomic mass is 9.80. The molecule has 0 saturated heterocycles. The highest BCUT2D eigenvalue weighted by molar-refractivity contribution is 4.90. The number of hydrogen-bond donors (Lipinski definition) is 1. The van der Waals surface area contributed by atoms with Gasteiger partial charge in [0.05, 0.1) is 6.61 Å². The summed E-state index contributed by atoms with van der Waals surface area (Å²) < 4.78 is 0. The van der Waals surface area contributed by atoms with Gasteiger partial charge in [0, 0.05) is 0 Å². The molecule has 0 bridgehead atoms. The van der Waals surface area contributed by atoms with E-state index in [1.165, 1.54) is 38.5 Å². The molecular formula is C12H22O. The maximum Gasteiger partial charge on any atom is 0.0612 e. The molecule has 0 atom stereocenters. The second-order valence-corrected chi connectivity index (χ2v) is 4.18. The Balaban J connectivity index is 2.18.